The fourth-order valence-corrected chi connectivity index (χ4v) is 3.18. The van der Waals surface area contributed by atoms with E-state index in [0.29, 0.717) is 0 Å². The average Bonchev–Trinajstić information content (AvgIpc) is 1.98. The van der Waals surface area contributed by atoms with Crippen LogP contribution in [0.15, 0.2) is 0 Å². The summed E-state index contributed by atoms with van der Waals surface area (Å²) in [6, 6.07) is 1.56. The third-order valence-corrected chi connectivity index (χ3v) is 4.62. The number of nitriles is 1. The Morgan fingerprint density at radius 3 is 2.00 bits per heavy atom. The zero-order chi connectivity index (χ0) is 10.7. The van der Waals surface area contributed by atoms with Gasteiger partial charge in [-0.05, 0) is 6.92 Å². The number of nitrogens with zero attached hydrogens (tertiary/aromatic N) is 1. The molecule has 0 aliphatic carbocycles. The highest BCUT2D eigenvalue weighted by Gasteiger charge is 2.21. The van der Waals surface area contributed by atoms with Gasteiger partial charge in [-0.2, -0.15) is 5.26 Å². The minimum Gasteiger partial charge on any atom is -0.229 e. The van der Waals surface area contributed by atoms with E-state index < -0.39 is 36.4 Å². The van der Waals surface area contributed by atoms with Crippen LogP contribution in [0.2, 0.25) is 0 Å². The smallest absolute Gasteiger partial charge is 0.167 e. The standard InChI is InChI=1S/C6H11NO4S2/c1-6(5-7)13(10,11)4-3-12(2,8)9/h6H,3-4H2,1-2H3. The van der Waals surface area contributed by atoms with E-state index in [1.54, 1.807) is 6.07 Å². The second-order valence-corrected chi connectivity index (χ2v) is 7.47. The molecule has 13 heavy (non-hydrogen) atoms. The van der Waals surface area contributed by atoms with Crippen molar-refractivity contribution in [2.45, 2.75) is 12.2 Å². The van der Waals surface area contributed by atoms with E-state index in [1.165, 1.54) is 6.92 Å². The van der Waals surface area contributed by atoms with Gasteiger partial charge in [-0.15, -0.1) is 0 Å². The minimum absolute atomic E-state index is 0.429. The number of hydrogen-bond donors (Lipinski definition) is 0. The minimum atomic E-state index is -3.58. The average molecular weight is 225 g/mol. The van der Waals surface area contributed by atoms with Gasteiger partial charge in [0, 0.05) is 6.26 Å². The highest BCUT2D eigenvalue weighted by molar-refractivity contribution is 7.95. The molecule has 0 bridgehead atoms. The van der Waals surface area contributed by atoms with Crippen molar-refractivity contribution in [2.75, 3.05) is 17.8 Å². The van der Waals surface area contributed by atoms with E-state index in [9.17, 15) is 16.8 Å². The summed E-state index contributed by atoms with van der Waals surface area (Å²) in [7, 11) is -6.87. The first kappa shape index (κ1) is 12.4. The lowest BCUT2D eigenvalue weighted by Gasteiger charge is -2.03. The summed E-state index contributed by atoms with van der Waals surface area (Å²) in [5.74, 6) is -0.915. The van der Waals surface area contributed by atoms with Crippen LogP contribution in [0.5, 0.6) is 0 Å². The van der Waals surface area contributed by atoms with Crippen LogP contribution in [0.3, 0.4) is 0 Å². The molecule has 0 aliphatic heterocycles. The van der Waals surface area contributed by atoms with E-state index in [2.05, 4.69) is 0 Å². The number of rotatable bonds is 4. The maximum atomic E-state index is 11.1. The van der Waals surface area contributed by atoms with E-state index in [0.717, 1.165) is 6.26 Å². The molecule has 1 unspecified atom stereocenters. The molecule has 76 valence electrons. The predicted octanol–water partition coefficient (Wildman–Crippen LogP) is -0.642. The molecular weight excluding hydrogens is 214 g/mol. The molecule has 0 N–H and O–H groups in total. The lowest BCUT2D eigenvalue weighted by molar-refractivity contribution is 0.587. The molecule has 0 saturated heterocycles. The highest BCUT2D eigenvalue weighted by Crippen LogP contribution is 2.01. The fraction of sp³-hybridized carbons (Fsp3) is 0.833. The van der Waals surface area contributed by atoms with Gasteiger partial charge in [0.2, 0.25) is 0 Å². The van der Waals surface area contributed by atoms with Crippen molar-refractivity contribution in [3.63, 3.8) is 0 Å². The van der Waals surface area contributed by atoms with Crippen molar-refractivity contribution in [1.82, 2.24) is 0 Å². The topological polar surface area (TPSA) is 92.1 Å². The highest BCUT2D eigenvalue weighted by atomic mass is 32.2. The molecule has 0 aromatic rings. The molecule has 7 heteroatoms. The Morgan fingerprint density at radius 1 is 1.23 bits per heavy atom. The Bertz CT molecular complexity index is 400. The molecule has 0 saturated carbocycles. The Hall–Kier alpha value is -0.610. The Balaban J connectivity index is 4.50. The number of hydrogen-bond acceptors (Lipinski definition) is 5. The van der Waals surface area contributed by atoms with Gasteiger partial charge in [0.05, 0.1) is 17.6 Å². The lowest BCUT2D eigenvalue weighted by atomic mass is 10.5. The molecule has 0 fully saturated rings. The third kappa shape index (κ3) is 4.85. The van der Waals surface area contributed by atoms with Gasteiger partial charge in [-0.25, -0.2) is 16.8 Å². The third-order valence-electron chi connectivity index (χ3n) is 1.46. The Kier molecular flexibility index (Phi) is 3.88. The van der Waals surface area contributed by atoms with Crippen LogP contribution in [0.4, 0.5) is 0 Å². The van der Waals surface area contributed by atoms with Crippen LogP contribution in [0.25, 0.3) is 0 Å². The second-order valence-electron chi connectivity index (χ2n) is 2.77. The molecule has 0 spiro atoms. The molecule has 0 amide bonds. The zero-order valence-electron chi connectivity index (χ0n) is 7.39. The van der Waals surface area contributed by atoms with E-state index in [-0.39, 0.29) is 0 Å². The van der Waals surface area contributed by atoms with E-state index in [1.807, 2.05) is 0 Å². The molecule has 1 atom stereocenters. The Labute approximate surface area is 78.2 Å². The summed E-state index contributed by atoms with van der Waals surface area (Å²) in [5.41, 5.74) is 0. The van der Waals surface area contributed by atoms with Crippen LogP contribution in [0.1, 0.15) is 6.92 Å². The summed E-state index contributed by atoms with van der Waals surface area (Å²) >= 11 is 0. The zero-order valence-corrected chi connectivity index (χ0v) is 9.02. The van der Waals surface area contributed by atoms with Crippen LogP contribution in [-0.2, 0) is 19.7 Å². The van der Waals surface area contributed by atoms with Gasteiger partial charge in [0.25, 0.3) is 0 Å². The monoisotopic (exact) mass is 225 g/mol. The Morgan fingerprint density at radius 2 is 1.69 bits per heavy atom. The van der Waals surface area contributed by atoms with E-state index in [4.69, 9.17) is 5.26 Å². The van der Waals surface area contributed by atoms with Gasteiger partial charge in [0.15, 0.2) is 9.84 Å². The maximum Gasteiger partial charge on any atom is 0.167 e. The first-order valence-corrected chi connectivity index (χ1v) is 7.25. The first-order valence-electron chi connectivity index (χ1n) is 3.48. The fourth-order valence-electron chi connectivity index (χ4n) is 0.525. The molecule has 0 heterocycles. The molecule has 0 aromatic heterocycles. The molecule has 0 aromatic carbocycles. The summed E-state index contributed by atoms with van der Waals surface area (Å²) in [4.78, 5) is 0. The van der Waals surface area contributed by atoms with Crippen molar-refractivity contribution in [3.8, 4) is 6.07 Å². The van der Waals surface area contributed by atoms with Gasteiger partial charge in [-0.3, -0.25) is 0 Å². The van der Waals surface area contributed by atoms with Gasteiger partial charge >= 0.3 is 0 Å². The summed E-state index contributed by atoms with van der Waals surface area (Å²) in [6.07, 6.45) is 0.958. The van der Waals surface area contributed by atoms with Crippen LogP contribution >= 0.6 is 0 Å². The van der Waals surface area contributed by atoms with Crippen molar-refractivity contribution >= 4 is 19.7 Å². The normalized spacial score (nSPS) is 14.8. The quantitative estimate of drug-likeness (QED) is 0.634. The molecule has 0 rings (SSSR count). The molecule has 5 nitrogen and oxygen atoms in total. The van der Waals surface area contributed by atoms with Crippen molar-refractivity contribution in [1.29, 1.82) is 5.26 Å². The van der Waals surface area contributed by atoms with Crippen molar-refractivity contribution < 1.29 is 16.8 Å². The van der Waals surface area contributed by atoms with Crippen molar-refractivity contribution in [2.24, 2.45) is 0 Å². The van der Waals surface area contributed by atoms with Gasteiger partial charge < -0.3 is 0 Å². The molecule has 0 radical (unpaired) electrons. The summed E-state index contributed by atoms with van der Waals surface area (Å²) in [6.45, 7) is 1.23. The summed E-state index contributed by atoms with van der Waals surface area (Å²) < 4.78 is 43.5. The summed E-state index contributed by atoms with van der Waals surface area (Å²) in [5, 5.41) is 7.18. The van der Waals surface area contributed by atoms with Gasteiger partial charge in [-0.1, -0.05) is 0 Å². The maximum absolute atomic E-state index is 11.1. The molecule has 0 aliphatic rings. The molecular formula is C6H11NO4S2. The SMILES string of the molecule is CC(C#N)S(=O)(=O)CCS(C)(=O)=O. The van der Waals surface area contributed by atoms with Gasteiger partial charge in [0.1, 0.15) is 15.1 Å². The van der Waals surface area contributed by atoms with Crippen LogP contribution < -0.4 is 0 Å². The number of sulfone groups is 2. The van der Waals surface area contributed by atoms with Crippen LogP contribution in [-0.4, -0.2) is 39.8 Å². The first-order chi connectivity index (χ1) is 5.69. The van der Waals surface area contributed by atoms with Crippen LogP contribution in [0, 0.1) is 11.3 Å². The second kappa shape index (κ2) is 4.07. The van der Waals surface area contributed by atoms with E-state index >= 15 is 0 Å². The predicted molar refractivity (Wildman–Crippen MR) is 48.6 cm³/mol. The van der Waals surface area contributed by atoms with Crippen molar-refractivity contribution in [3.05, 3.63) is 0 Å². The largest absolute Gasteiger partial charge is 0.229 e. The lowest BCUT2D eigenvalue weighted by Crippen LogP contribution is -2.24.